The Bertz CT molecular complexity index is 603. The zero-order chi connectivity index (χ0) is 19.9. The molecule has 0 spiro atoms. The zero-order valence-corrected chi connectivity index (χ0v) is 17.2. The maximum Gasteiger partial charge on any atom is 0.308 e. The van der Waals surface area contributed by atoms with Crippen molar-refractivity contribution >= 4 is 17.8 Å². The van der Waals surface area contributed by atoms with E-state index in [9.17, 15) is 14.4 Å². The van der Waals surface area contributed by atoms with Crippen molar-refractivity contribution in [3.63, 3.8) is 0 Å². The second-order valence-corrected chi connectivity index (χ2v) is 10.0. The highest BCUT2D eigenvalue weighted by Crippen LogP contribution is 2.61. The summed E-state index contributed by atoms with van der Waals surface area (Å²) in [4.78, 5) is 38.9. The second kappa shape index (κ2) is 7.68. The minimum atomic E-state index is -0.504. The predicted octanol–water partition coefficient (Wildman–Crippen LogP) is 2.51. The summed E-state index contributed by atoms with van der Waals surface area (Å²) in [6, 6.07) is -0.504. The van der Waals surface area contributed by atoms with Crippen LogP contribution in [-0.4, -0.2) is 48.9 Å². The van der Waals surface area contributed by atoms with Gasteiger partial charge in [-0.05, 0) is 81.5 Å². The number of amides is 2. The fraction of sp³-hybridized carbons (Fsp3) is 0.864. The third-order valence-corrected chi connectivity index (χ3v) is 7.79. The van der Waals surface area contributed by atoms with Gasteiger partial charge in [-0.15, -0.1) is 0 Å². The fourth-order valence-electron chi connectivity index (χ4n) is 6.98. The molecule has 0 aromatic rings. The van der Waals surface area contributed by atoms with Gasteiger partial charge in [0.15, 0.2) is 0 Å². The van der Waals surface area contributed by atoms with Crippen LogP contribution in [-0.2, 0) is 19.1 Å². The van der Waals surface area contributed by atoms with Gasteiger partial charge in [-0.25, -0.2) is 0 Å². The molecule has 6 heteroatoms. The maximum absolute atomic E-state index is 12.8. The molecule has 5 rings (SSSR count). The van der Waals surface area contributed by atoms with Gasteiger partial charge < -0.3 is 15.0 Å². The van der Waals surface area contributed by atoms with Crippen LogP contribution in [0.15, 0.2) is 0 Å². The summed E-state index contributed by atoms with van der Waals surface area (Å²) in [7, 11) is 1.40. The highest BCUT2D eigenvalue weighted by molar-refractivity contribution is 5.87. The molecule has 1 saturated heterocycles. The van der Waals surface area contributed by atoms with Crippen molar-refractivity contribution in [3.05, 3.63) is 0 Å². The lowest BCUT2D eigenvalue weighted by molar-refractivity contribution is -0.149. The molecule has 4 aliphatic carbocycles. The highest BCUT2D eigenvalue weighted by atomic mass is 16.5. The number of nitrogens with zero attached hydrogens (tertiary/aromatic N) is 1. The van der Waals surface area contributed by atoms with Crippen LogP contribution >= 0.6 is 0 Å². The summed E-state index contributed by atoms with van der Waals surface area (Å²) >= 11 is 0. The van der Waals surface area contributed by atoms with Gasteiger partial charge in [-0.2, -0.15) is 0 Å². The third-order valence-electron chi connectivity index (χ3n) is 7.79. The molecule has 156 valence electrons. The van der Waals surface area contributed by atoms with E-state index in [1.807, 2.05) is 0 Å². The third kappa shape index (κ3) is 3.92. The number of methoxy groups -OCH3 is 1. The average Bonchev–Trinajstić information content (AvgIpc) is 2.65. The van der Waals surface area contributed by atoms with E-state index >= 15 is 0 Å². The lowest BCUT2D eigenvalue weighted by Crippen LogP contribution is -2.52. The number of carbonyl (C=O) groups is 3. The first-order chi connectivity index (χ1) is 13.4. The fourth-order valence-corrected chi connectivity index (χ4v) is 6.98. The number of nitrogens with one attached hydrogen (secondary N) is 1. The molecule has 0 radical (unpaired) electrons. The number of esters is 1. The molecule has 28 heavy (non-hydrogen) atoms. The number of hydrogen-bond donors (Lipinski definition) is 1. The topological polar surface area (TPSA) is 75.7 Å². The Hall–Kier alpha value is -1.59. The van der Waals surface area contributed by atoms with Gasteiger partial charge in [0, 0.05) is 19.5 Å². The van der Waals surface area contributed by atoms with Crippen LogP contribution in [0.1, 0.15) is 64.7 Å². The number of likely N-dealkylation sites (tertiary alicyclic amines) is 1. The Morgan fingerprint density at radius 1 is 1.04 bits per heavy atom. The van der Waals surface area contributed by atoms with E-state index in [-0.39, 0.29) is 29.1 Å². The minimum Gasteiger partial charge on any atom is -0.469 e. The van der Waals surface area contributed by atoms with Crippen LogP contribution in [0.3, 0.4) is 0 Å². The first-order valence-electron chi connectivity index (χ1n) is 11.0. The van der Waals surface area contributed by atoms with Crippen LogP contribution in [0.25, 0.3) is 0 Å². The Kier molecular flexibility index (Phi) is 5.41. The van der Waals surface area contributed by atoms with Crippen LogP contribution in [0.4, 0.5) is 0 Å². The van der Waals surface area contributed by atoms with Crippen LogP contribution < -0.4 is 5.32 Å². The van der Waals surface area contributed by atoms with Crippen molar-refractivity contribution < 1.29 is 19.1 Å². The molecule has 4 saturated carbocycles. The van der Waals surface area contributed by atoms with Crippen molar-refractivity contribution in [1.82, 2.24) is 10.2 Å². The summed E-state index contributed by atoms with van der Waals surface area (Å²) in [6.07, 6.45) is 9.57. The van der Waals surface area contributed by atoms with Gasteiger partial charge in [0.05, 0.1) is 13.0 Å². The molecular formula is C22H34N2O4. The van der Waals surface area contributed by atoms with Crippen molar-refractivity contribution in [1.29, 1.82) is 0 Å². The number of ether oxygens (including phenoxy) is 1. The van der Waals surface area contributed by atoms with E-state index in [1.54, 1.807) is 11.8 Å². The Morgan fingerprint density at radius 2 is 1.57 bits per heavy atom. The van der Waals surface area contributed by atoms with Crippen molar-refractivity contribution in [2.24, 2.45) is 29.1 Å². The predicted molar refractivity (Wildman–Crippen MR) is 104 cm³/mol. The van der Waals surface area contributed by atoms with Gasteiger partial charge in [-0.1, -0.05) is 0 Å². The Morgan fingerprint density at radius 3 is 2.07 bits per heavy atom. The molecule has 6 nitrogen and oxygen atoms in total. The molecule has 0 aromatic heterocycles. The number of carbonyl (C=O) groups excluding carboxylic acids is 3. The van der Waals surface area contributed by atoms with Gasteiger partial charge in [0.1, 0.15) is 6.04 Å². The van der Waals surface area contributed by atoms with Crippen LogP contribution in [0, 0.1) is 29.1 Å². The van der Waals surface area contributed by atoms with E-state index in [1.165, 1.54) is 45.6 Å². The van der Waals surface area contributed by atoms with Gasteiger partial charge in [0.2, 0.25) is 11.8 Å². The van der Waals surface area contributed by atoms with Gasteiger partial charge in [-0.3, -0.25) is 14.4 Å². The van der Waals surface area contributed by atoms with Crippen molar-refractivity contribution in [2.45, 2.75) is 70.8 Å². The molecule has 0 unspecified atom stereocenters. The van der Waals surface area contributed by atoms with E-state index < -0.39 is 6.04 Å². The standard InChI is InChI=1S/C22H34N2O4/c1-14(20(26)24-5-3-18(4-6-24)21(27)28-2)23-19(25)13-22-10-15-7-16(11-22)9-17(8-15)12-22/h14-18H,3-13H2,1-2H3,(H,23,25)/t14-,15?,16?,17?,22?/m0/s1. The molecule has 1 N–H and O–H groups in total. The Labute approximate surface area is 167 Å². The molecule has 0 aromatic carbocycles. The van der Waals surface area contributed by atoms with Crippen LogP contribution in [0.5, 0.6) is 0 Å². The molecule has 2 amide bonds. The van der Waals surface area contributed by atoms with E-state index in [0.29, 0.717) is 32.4 Å². The quantitative estimate of drug-likeness (QED) is 0.732. The molecule has 5 aliphatic rings. The first kappa shape index (κ1) is 19.7. The molecule has 4 bridgehead atoms. The zero-order valence-electron chi connectivity index (χ0n) is 17.2. The Balaban J connectivity index is 1.27. The average molecular weight is 391 g/mol. The number of hydrogen-bond acceptors (Lipinski definition) is 4. The normalized spacial score (nSPS) is 35.5. The van der Waals surface area contributed by atoms with Crippen molar-refractivity contribution in [3.8, 4) is 0 Å². The summed E-state index contributed by atoms with van der Waals surface area (Å²) in [6.45, 7) is 2.88. The lowest BCUT2D eigenvalue weighted by atomic mass is 9.49. The summed E-state index contributed by atoms with van der Waals surface area (Å²) in [5.74, 6) is 2.17. The lowest BCUT2D eigenvalue weighted by Gasteiger charge is -2.56. The maximum atomic E-state index is 12.8. The SMILES string of the molecule is COC(=O)C1CCN(C(=O)[C@H](C)NC(=O)CC23CC4CC(CC(C4)C2)C3)CC1. The van der Waals surface area contributed by atoms with Gasteiger partial charge >= 0.3 is 5.97 Å². The van der Waals surface area contributed by atoms with Crippen molar-refractivity contribution in [2.75, 3.05) is 20.2 Å². The molecule has 1 aliphatic heterocycles. The largest absolute Gasteiger partial charge is 0.469 e. The molecule has 1 atom stereocenters. The smallest absolute Gasteiger partial charge is 0.308 e. The van der Waals surface area contributed by atoms with Gasteiger partial charge in [0.25, 0.3) is 0 Å². The van der Waals surface area contributed by atoms with Crippen LogP contribution in [0.2, 0.25) is 0 Å². The summed E-state index contributed by atoms with van der Waals surface area (Å²) < 4.78 is 4.80. The molecular weight excluding hydrogens is 356 g/mol. The monoisotopic (exact) mass is 390 g/mol. The molecule has 5 fully saturated rings. The van der Waals surface area contributed by atoms with E-state index in [2.05, 4.69) is 5.32 Å². The van der Waals surface area contributed by atoms with E-state index in [0.717, 1.165) is 17.8 Å². The highest BCUT2D eigenvalue weighted by Gasteiger charge is 2.51. The number of piperidine rings is 1. The molecule has 1 heterocycles. The second-order valence-electron chi connectivity index (χ2n) is 10.0. The van der Waals surface area contributed by atoms with E-state index in [4.69, 9.17) is 4.74 Å². The number of rotatable bonds is 5. The summed E-state index contributed by atoms with van der Waals surface area (Å²) in [5, 5.41) is 2.98. The summed E-state index contributed by atoms with van der Waals surface area (Å²) in [5.41, 5.74) is 0.195. The minimum absolute atomic E-state index is 0.0345. The first-order valence-corrected chi connectivity index (χ1v) is 11.0.